The van der Waals surface area contributed by atoms with Crippen LogP contribution in [-0.4, -0.2) is 16.0 Å². The Hall–Kier alpha value is -1.91. The number of rotatable bonds is 5. The summed E-state index contributed by atoms with van der Waals surface area (Å²) in [6.07, 6.45) is 0.754. The van der Waals surface area contributed by atoms with E-state index in [4.69, 9.17) is 5.11 Å². The van der Waals surface area contributed by atoms with Crippen LogP contribution in [0.4, 0.5) is 5.69 Å². The fraction of sp³-hybridized carbons (Fsp3) is 0.462. The second-order valence-corrected chi connectivity index (χ2v) is 5.03. The summed E-state index contributed by atoms with van der Waals surface area (Å²) >= 11 is 0. The average molecular weight is 251 g/mol. The number of carboxylic acid groups (broad SMARTS) is 1. The monoisotopic (exact) mass is 251 g/mol. The third-order valence-corrected chi connectivity index (χ3v) is 3.10. The zero-order valence-corrected chi connectivity index (χ0v) is 10.8. The van der Waals surface area contributed by atoms with Gasteiger partial charge in [0.05, 0.1) is 10.3 Å². The summed E-state index contributed by atoms with van der Waals surface area (Å²) in [4.78, 5) is 21.6. The molecular formula is C13H17NO4. The number of benzene rings is 1. The van der Waals surface area contributed by atoms with Crippen LogP contribution in [0.1, 0.15) is 31.4 Å². The Morgan fingerprint density at radius 2 is 2.06 bits per heavy atom. The van der Waals surface area contributed by atoms with E-state index in [9.17, 15) is 14.9 Å². The maximum absolute atomic E-state index is 11.0. The highest BCUT2D eigenvalue weighted by Gasteiger charge is 2.28. The number of hydrogen-bond acceptors (Lipinski definition) is 3. The van der Waals surface area contributed by atoms with E-state index in [1.807, 2.05) is 0 Å². The predicted molar refractivity (Wildman–Crippen MR) is 67.6 cm³/mol. The van der Waals surface area contributed by atoms with Crippen LogP contribution in [0.15, 0.2) is 18.2 Å². The van der Waals surface area contributed by atoms with Gasteiger partial charge < -0.3 is 5.11 Å². The fourth-order valence-corrected chi connectivity index (χ4v) is 1.74. The Kier molecular flexibility index (Phi) is 4.06. The van der Waals surface area contributed by atoms with Gasteiger partial charge in [-0.15, -0.1) is 0 Å². The third kappa shape index (κ3) is 3.06. The highest BCUT2D eigenvalue weighted by Crippen LogP contribution is 2.28. The summed E-state index contributed by atoms with van der Waals surface area (Å²) in [6, 6.07) is 5.12. The molecule has 0 fully saturated rings. The summed E-state index contributed by atoms with van der Waals surface area (Å²) in [6.45, 7) is 4.93. The zero-order chi connectivity index (χ0) is 13.9. The van der Waals surface area contributed by atoms with Crippen LogP contribution in [0.5, 0.6) is 0 Å². The van der Waals surface area contributed by atoms with Crippen LogP contribution in [0.2, 0.25) is 0 Å². The average Bonchev–Trinajstić information content (AvgIpc) is 2.25. The first-order chi connectivity index (χ1) is 8.25. The van der Waals surface area contributed by atoms with Crippen LogP contribution in [0.3, 0.4) is 0 Å². The van der Waals surface area contributed by atoms with E-state index in [0.717, 1.165) is 0 Å². The molecule has 0 heterocycles. The molecule has 0 amide bonds. The molecule has 0 aliphatic carbocycles. The van der Waals surface area contributed by atoms with E-state index in [1.54, 1.807) is 39.0 Å². The minimum absolute atomic E-state index is 0.0960. The van der Waals surface area contributed by atoms with Crippen molar-refractivity contribution >= 4 is 11.7 Å². The van der Waals surface area contributed by atoms with Gasteiger partial charge in [0, 0.05) is 11.1 Å². The maximum atomic E-state index is 11.0. The predicted octanol–water partition coefficient (Wildman–Crippen LogP) is 2.95. The second kappa shape index (κ2) is 5.16. The molecule has 5 heteroatoms. The highest BCUT2D eigenvalue weighted by atomic mass is 16.6. The molecule has 1 rings (SSSR count). The number of hydrogen-bond donors (Lipinski definition) is 1. The Morgan fingerprint density at radius 3 is 2.56 bits per heavy atom. The Balaban J connectivity index is 2.96. The van der Waals surface area contributed by atoms with Gasteiger partial charge >= 0.3 is 5.97 Å². The van der Waals surface area contributed by atoms with Crippen LogP contribution in [-0.2, 0) is 11.2 Å². The van der Waals surface area contributed by atoms with Crippen LogP contribution in [0, 0.1) is 22.5 Å². The van der Waals surface area contributed by atoms with Crippen molar-refractivity contribution in [1.82, 2.24) is 0 Å². The maximum Gasteiger partial charge on any atom is 0.309 e. The van der Waals surface area contributed by atoms with Crippen molar-refractivity contribution in [3.63, 3.8) is 0 Å². The SMILES string of the molecule is Cc1cccc(CCC(C)(C)C(=O)O)c1[N+](=O)[O-]. The molecule has 1 aromatic carbocycles. The molecule has 0 unspecified atom stereocenters. The van der Waals surface area contributed by atoms with E-state index in [1.165, 1.54) is 0 Å². The van der Waals surface area contributed by atoms with Crippen molar-refractivity contribution in [2.24, 2.45) is 5.41 Å². The summed E-state index contributed by atoms with van der Waals surface area (Å²) in [5.41, 5.74) is 0.413. The largest absolute Gasteiger partial charge is 0.481 e. The fourth-order valence-electron chi connectivity index (χ4n) is 1.74. The summed E-state index contributed by atoms with van der Waals surface area (Å²) in [5.74, 6) is -0.891. The van der Waals surface area contributed by atoms with Crippen LogP contribution in [0.25, 0.3) is 0 Å². The quantitative estimate of drug-likeness (QED) is 0.644. The molecule has 98 valence electrons. The lowest BCUT2D eigenvalue weighted by molar-refractivity contribution is -0.386. The molecule has 1 N–H and O–H groups in total. The number of aryl methyl sites for hydroxylation is 2. The van der Waals surface area contributed by atoms with Crippen LogP contribution >= 0.6 is 0 Å². The lowest BCUT2D eigenvalue weighted by atomic mass is 9.86. The van der Waals surface area contributed by atoms with Gasteiger partial charge in [0.1, 0.15) is 0 Å². The normalized spacial score (nSPS) is 11.3. The summed E-state index contributed by atoms with van der Waals surface area (Å²) in [5, 5.41) is 20.0. The van der Waals surface area contributed by atoms with Gasteiger partial charge in [0.25, 0.3) is 5.69 Å². The smallest absolute Gasteiger partial charge is 0.309 e. The Morgan fingerprint density at radius 1 is 1.44 bits per heavy atom. The van der Waals surface area contributed by atoms with Crippen molar-refractivity contribution in [1.29, 1.82) is 0 Å². The minimum Gasteiger partial charge on any atom is -0.481 e. The first kappa shape index (κ1) is 14.2. The van der Waals surface area contributed by atoms with Gasteiger partial charge in [-0.05, 0) is 33.6 Å². The molecular weight excluding hydrogens is 234 g/mol. The van der Waals surface area contributed by atoms with Gasteiger partial charge in [-0.2, -0.15) is 0 Å². The lowest BCUT2D eigenvalue weighted by Crippen LogP contribution is -2.24. The third-order valence-electron chi connectivity index (χ3n) is 3.10. The molecule has 0 aliphatic heterocycles. The van der Waals surface area contributed by atoms with Crippen molar-refractivity contribution in [3.05, 3.63) is 39.4 Å². The first-order valence-corrected chi connectivity index (χ1v) is 5.72. The van der Waals surface area contributed by atoms with Gasteiger partial charge in [-0.1, -0.05) is 18.2 Å². The van der Waals surface area contributed by atoms with Gasteiger partial charge in [0.15, 0.2) is 0 Å². The molecule has 5 nitrogen and oxygen atoms in total. The number of carboxylic acids is 1. The highest BCUT2D eigenvalue weighted by molar-refractivity contribution is 5.73. The molecule has 1 aromatic rings. The molecule has 0 bridgehead atoms. The molecule has 0 saturated heterocycles. The van der Waals surface area contributed by atoms with Gasteiger partial charge in [0.2, 0.25) is 0 Å². The number of nitrogens with zero attached hydrogens (tertiary/aromatic N) is 1. The molecule has 0 aromatic heterocycles. The summed E-state index contributed by atoms with van der Waals surface area (Å²) < 4.78 is 0. The van der Waals surface area contributed by atoms with E-state index in [-0.39, 0.29) is 5.69 Å². The van der Waals surface area contributed by atoms with E-state index in [0.29, 0.717) is 24.0 Å². The standard InChI is InChI=1S/C13H17NO4/c1-9-5-4-6-10(11(9)14(17)18)7-8-13(2,3)12(15)16/h4-6H,7-8H2,1-3H3,(H,15,16). The van der Waals surface area contributed by atoms with Gasteiger partial charge in [-0.3, -0.25) is 14.9 Å². The Bertz CT molecular complexity index is 480. The molecule has 18 heavy (non-hydrogen) atoms. The topological polar surface area (TPSA) is 80.4 Å². The minimum atomic E-state index is -0.891. The van der Waals surface area contributed by atoms with Crippen molar-refractivity contribution in [2.45, 2.75) is 33.6 Å². The van der Waals surface area contributed by atoms with E-state index >= 15 is 0 Å². The number of para-hydroxylation sites is 1. The second-order valence-electron chi connectivity index (χ2n) is 5.03. The van der Waals surface area contributed by atoms with Crippen LogP contribution < -0.4 is 0 Å². The lowest BCUT2D eigenvalue weighted by Gasteiger charge is -2.18. The molecule has 0 aliphatic rings. The van der Waals surface area contributed by atoms with E-state index in [2.05, 4.69) is 0 Å². The molecule has 0 saturated carbocycles. The summed E-state index contributed by atoms with van der Waals surface area (Å²) in [7, 11) is 0. The Labute approximate surface area is 106 Å². The molecule has 0 spiro atoms. The first-order valence-electron chi connectivity index (χ1n) is 5.72. The van der Waals surface area contributed by atoms with E-state index < -0.39 is 16.3 Å². The van der Waals surface area contributed by atoms with Crippen molar-refractivity contribution < 1.29 is 14.8 Å². The van der Waals surface area contributed by atoms with Crippen molar-refractivity contribution in [2.75, 3.05) is 0 Å². The molecule has 0 atom stereocenters. The number of aliphatic carboxylic acids is 1. The number of nitro benzene ring substituents is 1. The van der Waals surface area contributed by atoms with Crippen molar-refractivity contribution in [3.8, 4) is 0 Å². The molecule has 0 radical (unpaired) electrons. The number of nitro groups is 1. The van der Waals surface area contributed by atoms with Gasteiger partial charge in [-0.25, -0.2) is 0 Å². The number of carbonyl (C=O) groups is 1. The zero-order valence-electron chi connectivity index (χ0n) is 10.8.